The molecule has 1 aromatic carbocycles. The summed E-state index contributed by atoms with van der Waals surface area (Å²) in [6, 6.07) is 6.73. The molecule has 4 heteroatoms. The van der Waals surface area contributed by atoms with Crippen LogP contribution in [0.1, 0.15) is 31.9 Å². The van der Waals surface area contributed by atoms with Crippen LogP contribution in [0, 0.1) is 17.7 Å². The number of halogens is 1. The molecule has 0 aliphatic carbocycles. The zero-order valence-corrected chi connectivity index (χ0v) is 11.3. The molecule has 1 aliphatic heterocycles. The predicted molar refractivity (Wildman–Crippen MR) is 71.3 cm³/mol. The van der Waals surface area contributed by atoms with Crippen LogP contribution in [0.4, 0.5) is 4.39 Å². The van der Waals surface area contributed by atoms with Crippen LogP contribution in [-0.4, -0.2) is 29.1 Å². The zero-order chi connectivity index (χ0) is 14.0. The lowest BCUT2D eigenvalue weighted by Crippen LogP contribution is -2.28. The fraction of sp³-hybridized carbons (Fsp3) is 0.533. The van der Waals surface area contributed by atoms with Gasteiger partial charge in [-0.15, -0.1) is 0 Å². The molecule has 0 bridgehead atoms. The highest BCUT2D eigenvalue weighted by Gasteiger charge is 2.38. The van der Waals surface area contributed by atoms with E-state index < -0.39 is 5.97 Å². The van der Waals surface area contributed by atoms with Gasteiger partial charge < -0.3 is 5.11 Å². The third-order valence-corrected chi connectivity index (χ3v) is 4.05. The van der Waals surface area contributed by atoms with Crippen molar-refractivity contribution in [1.29, 1.82) is 0 Å². The highest BCUT2D eigenvalue weighted by Crippen LogP contribution is 2.33. The minimum absolute atomic E-state index is 0.0343. The highest BCUT2D eigenvalue weighted by molar-refractivity contribution is 5.71. The Balaban J connectivity index is 2.20. The van der Waals surface area contributed by atoms with E-state index >= 15 is 0 Å². The number of benzene rings is 1. The third-order valence-electron chi connectivity index (χ3n) is 4.05. The fourth-order valence-electron chi connectivity index (χ4n) is 3.00. The Morgan fingerprint density at radius 2 is 2.16 bits per heavy atom. The number of carboxylic acids is 1. The molecule has 0 spiro atoms. The summed E-state index contributed by atoms with van der Waals surface area (Å²) in [5.41, 5.74) is 0.670. The van der Waals surface area contributed by atoms with Crippen molar-refractivity contribution in [3.8, 4) is 0 Å². The predicted octanol–water partition coefficient (Wildman–Crippen LogP) is 2.93. The van der Waals surface area contributed by atoms with E-state index in [-0.39, 0.29) is 23.7 Å². The second-order valence-corrected chi connectivity index (χ2v) is 5.32. The zero-order valence-electron chi connectivity index (χ0n) is 11.3. The molecule has 104 valence electrons. The van der Waals surface area contributed by atoms with Gasteiger partial charge in [0.1, 0.15) is 5.82 Å². The summed E-state index contributed by atoms with van der Waals surface area (Å²) in [4.78, 5) is 13.3. The number of hydrogen-bond acceptors (Lipinski definition) is 2. The molecule has 1 aliphatic rings. The van der Waals surface area contributed by atoms with Crippen LogP contribution in [0.2, 0.25) is 0 Å². The van der Waals surface area contributed by atoms with E-state index in [1.807, 2.05) is 19.9 Å². The van der Waals surface area contributed by atoms with Gasteiger partial charge in [0.25, 0.3) is 0 Å². The number of aliphatic carboxylic acids is 1. The summed E-state index contributed by atoms with van der Waals surface area (Å²) >= 11 is 0. The number of carboxylic acid groups (broad SMARTS) is 1. The van der Waals surface area contributed by atoms with E-state index in [0.29, 0.717) is 18.7 Å². The van der Waals surface area contributed by atoms with Crippen LogP contribution < -0.4 is 0 Å². The van der Waals surface area contributed by atoms with E-state index in [1.165, 1.54) is 6.07 Å². The molecule has 1 aromatic rings. The molecular formula is C15H20FNO2. The van der Waals surface area contributed by atoms with Gasteiger partial charge in [0.05, 0.1) is 5.92 Å². The van der Waals surface area contributed by atoms with Crippen molar-refractivity contribution in [2.75, 3.05) is 13.1 Å². The molecule has 1 N–H and O–H groups in total. The molecular weight excluding hydrogens is 245 g/mol. The van der Waals surface area contributed by atoms with Crippen molar-refractivity contribution in [2.45, 2.75) is 26.3 Å². The Labute approximate surface area is 113 Å². The molecule has 3 unspecified atom stereocenters. The first-order valence-electron chi connectivity index (χ1n) is 6.75. The maximum Gasteiger partial charge on any atom is 0.308 e. The lowest BCUT2D eigenvalue weighted by atomic mass is 9.99. The van der Waals surface area contributed by atoms with Gasteiger partial charge in [0.15, 0.2) is 0 Å². The van der Waals surface area contributed by atoms with Crippen molar-refractivity contribution < 1.29 is 14.3 Å². The Hall–Kier alpha value is -1.42. The van der Waals surface area contributed by atoms with Crippen LogP contribution in [-0.2, 0) is 4.79 Å². The molecule has 1 saturated heterocycles. The fourth-order valence-corrected chi connectivity index (χ4v) is 3.00. The number of nitrogens with zero attached hydrogens (tertiary/aromatic N) is 1. The molecule has 2 rings (SSSR count). The van der Waals surface area contributed by atoms with E-state index in [1.54, 1.807) is 12.1 Å². The first-order chi connectivity index (χ1) is 9.04. The van der Waals surface area contributed by atoms with Gasteiger partial charge in [-0.3, -0.25) is 9.69 Å². The molecule has 1 fully saturated rings. The number of rotatable bonds is 4. The Morgan fingerprint density at radius 1 is 1.47 bits per heavy atom. The monoisotopic (exact) mass is 265 g/mol. The Morgan fingerprint density at radius 3 is 2.68 bits per heavy atom. The molecule has 0 aromatic heterocycles. The second kappa shape index (κ2) is 5.70. The average Bonchev–Trinajstić information content (AvgIpc) is 2.75. The van der Waals surface area contributed by atoms with Gasteiger partial charge in [-0.1, -0.05) is 32.0 Å². The van der Waals surface area contributed by atoms with Gasteiger partial charge in [0, 0.05) is 24.7 Å². The number of carbonyl (C=O) groups is 1. The SMILES string of the molecule is CCC(c1ccccc1F)N1CC(C)C(C(=O)O)C1. The highest BCUT2D eigenvalue weighted by atomic mass is 19.1. The first-order valence-corrected chi connectivity index (χ1v) is 6.75. The summed E-state index contributed by atoms with van der Waals surface area (Å²) in [6.45, 7) is 5.18. The smallest absolute Gasteiger partial charge is 0.308 e. The molecule has 3 nitrogen and oxygen atoms in total. The Bertz CT molecular complexity index is 463. The summed E-state index contributed by atoms with van der Waals surface area (Å²) in [6.07, 6.45) is 0.778. The molecule has 0 radical (unpaired) electrons. The van der Waals surface area contributed by atoms with Crippen LogP contribution in [0.25, 0.3) is 0 Å². The number of likely N-dealkylation sites (tertiary alicyclic amines) is 1. The van der Waals surface area contributed by atoms with Gasteiger partial charge in [0.2, 0.25) is 0 Å². The van der Waals surface area contributed by atoms with Gasteiger partial charge >= 0.3 is 5.97 Å². The second-order valence-electron chi connectivity index (χ2n) is 5.32. The van der Waals surface area contributed by atoms with Crippen molar-refractivity contribution in [3.05, 3.63) is 35.6 Å². The summed E-state index contributed by atoms with van der Waals surface area (Å²) < 4.78 is 13.9. The van der Waals surface area contributed by atoms with E-state index in [0.717, 1.165) is 6.42 Å². The van der Waals surface area contributed by atoms with Crippen LogP contribution >= 0.6 is 0 Å². The topological polar surface area (TPSA) is 40.5 Å². The van der Waals surface area contributed by atoms with E-state index in [9.17, 15) is 14.3 Å². The lowest BCUT2D eigenvalue weighted by Gasteiger charge is -2.27. The summed E-state index contributed by atoms with van der Waals surface area (Å²) in [5.74, 6) is -1.20. The third kappa shape index (κ3) is 2.78. The van der Waals surface area contributed by atoms with Gasteiger partial charge in [-0.25, -0.2) is 4.39 Å². The van der Waals surface area contributed by atoms with Crippen molar-refractivity contribution in [1.82, 2.24) is 4.90 Å². The van der Waals surface area contributed by atoms with Crippen LogP contribution in [0.3, 0.4) is 0 Å². The van der Waals surface area contributed by atoms with Gasteiger partial charge in [-0.05, 0) is 18.4 Å². The Kier molecular flexibility index (Phi) is 4.20. The standard InChI is InChI=1S/C15H20FNO2/c1-3-14(11-6-4-5-7-13(11)16)17-8-10(2)12(9-17)15(18)19/h4-7,10,12,14H,3,8-9H2,1-2H3,(H,18,19). The first kappa shape index (κ1) is 14.0. The van der Waals surface area contributed by atoms with Crippen molar-refractivity contribution >= 4 is 5.97 Å². The lowest BCUT2D eigenvalue weighted by molar-refractivity contribution is -0.142. The largest absolute Gasteiger partial charge is 0.481 e. The van der Waals surface area contributed by atoms with Crippen molar-refractivity contribution in [2.24, 2.45) is 11.8 Å². The van der Waals surface area contributed by atoms with Crippen LogP contribution in [0.5, 0.6) is 0 Å². The maximum atomic E-state index is 13.9. The minimum atomic E-state index is -0.751. The average molecular weight is 265 g/mol. The van der Waals surface area contributed by atoms with Crippen LogP contribution in [0.15, 0.2) is 24.3 Å². The minimum Gasteiger partial charge on any atom is -0.481 e. The van der Waals surface area contributed by atoms with E-state index in [2.05, 4.69) is 4.90 Å². The van der Waals surface area contributed by atoms with E-state index in [4.69, 9.17) is 0 Å². The molecule has 0 saturated carbocycles. The quantitative estimate of drug-likeness (QED) is 0.910. The maximum absolute atomic E-state index is 13.9. The molecule has 0 amide bonds. The summed E-state index contributed by atoms with van der Waals surface area (Å²) in [5, 5.41) is 9.18. The van der Waals surface area contributed by atoms with Gasteiger partial charge in [-0.2, -0.15) is 0 Å². The molecule has 19 heavy (non-hydrogen) atoms. The molecule has 3 atom stereocenters. The molecule has 1 heterocycles. The number of hydrogen-bond donors (Lipinski definition) is 1. The summed E-state index contributed by atoms with van der Waals surface area (Å²) in [7, 11) is 0. The van der Waals surface area contributed by atoms with Crippen molar-refractivity contribution in [3.63, 3.8) is 0 Å². The normalized spacial score (nSPS) is 25.4.